The SMILES string of the molecule is CCCCCCCCCCCC(=O)CC(=O)CCCCCCCCC(=O)OC[C@H](CO)OC(=O)CCCCCCCCC(=O)CC(=O)CCCCCCCCCCC. The molecule has 1 atom stereocenters. The molecule has 0 aromatic rings. The molecule has 0 heterocycles. The number of ether oxygens (including phenoxy) is 2. The molecule has 0 aromatic carbocycles. The van der Waals surface area contributed by atoms with Crippen LogP contribution in [0.2, 0.25) is 0 Å². The molecule has 0 unspecified atom stereocenters. The van der Waals surface area contributed by atoms with Crippen LogP contribution in [-0.2, 0) is 38.2 Å². The number of hydrogen-bond donors (Lipinski definition) is 1. The van der Waals surface area contributed by atoms with Crippen LogP contribution in [0.1, 0.15) is 258 Å². The van der Waals surface area contributed by atoms with E-state index >= 15 is 0 Å². The van der Waals surface area contributed by atoms with Crippen molar-refractivity contribution in [3.8, 4) is 0 Å². The molecule has 0 saturated carbocycles. The van der Waals surface area contributed by atoms with Gasteiger partial charge in [-0.2, -0.15) is 0 Å². The van der Waals surface area contributed by atoms with Crippen molar-refractivity contribution in [2.45, 2.75) is 264 Å². The number of aliphatic hydroxyl groups is 1. The van der Waals surface area contributed by atoms with E-state index in [0.717, 1.165) is 89.9 Å². The van der Waals surface area contributed by atoms with Gasteiger partial charge in [0.05, 0.1) is 19.4 Å². The topological polar surface area (TPSA) is 141 Å². The Kier molecular flexibility index (Phi) is 40.9. The van der Waals surface area contributed by atoms with Gasteiger partial charge in [0.2, 0.25) is 0 Å². The molecule has 338 valence electrons. The number of unbranched alkanes of at least 4 members (excludes halogenated alkanes) is 26. The Morgan fingerprint density at radius 2 is 0.621 bits per heavy atom. The minimum atomic E-state index is -0.876. The minimum absolute atomic E-state index is 0.0472. The smallest absolute Gasteiger partial charge is 0.306 e. The zero-order valence-electron chi connectivity index (χ0n) is 37.6. The number of rotatable bonds is 46. The molecule has 0 aliphatic rings. The van der Waals surface area contributed by atoms with Crippen molar-refractivity contribution < 1.29 is 43.3 Å². The molecule has 0 saturated heterocycles. The second-order valence-corrected chi connectivity index (χ2v) is 16.9. The molecule has 58 heavy (non-hydrogen) atoms. The normalized spacial score (nSPS) is 11.7. The number of esters is 2. The summed E-state index contributed by atoms with van der Waals surface area (Å²) in [5.41, 5.74) is 0. The average molecular weight is 821 g/mol. The van der Waals surface area contributed by atoms with E-state index < -0.39 is 18.7 Å². The summed E-state index contributed by atoms with van der Waals surface area (Å²) in [6.45, 7) is 3.87. The third-order valence-electron chi connectivity index (χ3n) is 11.0. The fourth-order valence-corrected chi connectivity index (χ4v) is 7.28. The molecule has 0 aliphatic heterocycles. The summed E-state index contributed by atoms with van der Waals surface area (Å²) >= 11 is 0. The number of aliphatic hydroxyl groups excluding tert-OH is 1. The predicted octanol–water partition coefficient (Wildman–Crippen LogP) is 12.6. The van der Waals surface area contributed by atoms with Gasteiger partial charge in [-0.3, -0.25) is 28.8 Å². The van der Waals surface area contributed by atoms with E-state index in [0.29, 0.717) is 38.5 Å². The second kappa shape index (κ2) is 42.7. The molecule has 0 rings (SSSR count). The Balaban J connectivity index is 3.69. The summed E-state index contributed by atoms with van der Waals surface area (Å²) in [5, 5.41) is 9.59. The van der Waals surface area contributed by atoms with E-state index in [4.69, 9.17) is 9.47 Å². The Morgan fingerprint density at radius 1 is 0.362 bits per heavy atom. The first-order chi connectivity index (χ1) is 28.2. The quantitative estimate of drug-likeness (QED) is 0.0361. The number of Topliss-reactive ketones (excluding diaryl/α,β-unsaturated/α-hetero) is 4. The van der Waals surface area contributed by atoms with Crippen LogP contribution in [-0.4, -0.2) is 59.5 Å². The zero-order chi connectivity index (χ0) is 42.7. The van der Waals surface area contributed by atoms with Crippen molar-refractivity contribution in [2.75, 3.05) is 13.2 Å². The molecular weight excluding hydrogens is 733 g/mol. The lowest BCUT2D eigenvalue weighted by molar-refractivity contribution is -0.161. The third-order valence-corrected chi connectivity index (χ3v) is 11.0. The molecule has 0 aliphatic carbocycles. The van der Waals surface area contributed by atoms with Gasteiger partial charge in [-0.05, 0) is 38.5 Å². The Morgan fingerprint density at radius 3 is 0.914 bits per heavy atom. The summed E-state index contributed by atoms with van der Waals surface area (Å²) < 4.78 is 10.5. The van der Waals surface area contributed by atoms with Crippen LogP contribution in [0.15, 0.2) is 0 Å². The monoisotopic (exact) mass is 821 g/mol. The molecule has 0 spiro atoms. The van der Waals surface area contributed by atoms with Gasteiger partial charge in [0.1, 0.15) is 29.7 Å². The fraction of sp³-hybridized carbons (Fsp3) is 0.878. The van der Waals surface area contributed by atoms with Gasteiger partial charge in [-0.25, -0.2) is 0 Å². The fourth-order valence-electron chi connectivity index (χ4n) is 7.28. The van der Waals surface area contributed by atoms with E-state index in [2.05, 4.69) is 13.8 Å². The number of carbonyl (C=O) groups excluding carboxylic acids is 6. The summed E-state index contributed by atoms with van der Waals surface area (Å²) in [6, 6.07) is 0. The van der Waals surface area contributed by atoms with Crippen LogP contribution in [0, 0.1) is 0 Å². The van der Waals surface area contributed by atoms with Gasteiger partial charge in [0.25, 0.3) is 0 Å². The Labute approximate surface area is 354 Å². The largest absolute Gasteiger partial charge is 0.462 e. The first-order valence-electron chi connectivity index (χ1n) is 24.2. The lowest BCUT2D eigenvalue weighted by Crippen LogP contribution is -2.28. The van der Waals surface area contributed by atoms with E-state index in [-0.39, 0.29) is 61.4 Å². The lowest BCUT2D eigenvalue weighted by atomic mass is 10.0. The van der Waals surface area contributed by atoms with Crippen molar-refractivity contribution in [1.29, 1.82) is 0 Å². The Bertz CT molecular complexity index is 1040. The van der Waals surface area contributed by atoms with Crippen molar-refractivity contribution in [2.24, 2.45) is 0 Å². The van der Waals surface area contributed by atoms with Crippen molar-refractivity contribution in [3.63, 3.8) is 0 Å². The second-order valence-electron chi connectivity index (χ2n) is 16.9. The zero-order valence-corrected chi connectivity index (χ0v) is 37.6. The number of ketones is 4. The van der Waals surface area contributed by atoms with Crippen molar-refractivity contribution in [3.05, 3.63) is 0 Å². The first kappa shape index (κ1) is 55.6. The highest BCUT2D eigenvalue weighted by atomic mass is 16.6. The van der Waals surface area contributed by atoms with Crippen LogP contribution < -0.4 is 0 Å². The maximum absolute atomic E-state index is 12.2. The van der Waals surface area contributed by atoms with E-state index in [1.54, 1.807) is 0 Å². The molecule has 9 heteroatoms. The molecule has 0 amide bonds. The van der Waals surface area contributed by atoms with E-state index in [9.17, 15) is 33.9 Å². The third kappa shape index (κ3) is 40.4. The van der Waals surface area contributed by atoms with Crippen LogP contribution in [0.3, 0.4) is 0 Å². The van der Waals surface area contributed by atoms with Gasteiger partial charge >= 0.3 is 11.9 Å². The molecular formula is C49H88O9. The first-order valence-corrected chi connectivity index (χ1v) is 24.2. The summed E-state index contributed by atoms with van der Waals surface area (Å²) in [4.78, 5) is 73.0. The summed E-state index contributed by atoms with van der Waals surface area (Å²) in [7, 11) is 0. The maximum Gasteiger partial charge on any atom is 0.306 e. The minimum Gasteiger partial charge on any atom is -0.462 e. The van der Waals surface area contributed by atoms with Gasteiger partial charge in [0, 0.05) is 38.5 Å². The van der Waals surface area contributed by atoms with Gasteiger partial charge in [-0.15, -0.1) is 0 Å². The van der Waals surface area contributed by atoms with Crippen LogP contribution in [0.5, 0.6) is 0 Å². The highest BCUT2D eigenvalue weighted by molar-refractivity contribution is 5.99. The van der Waals surface area contributed by atoms with Crippen molar-refractivity contribution in [1.82, 2.24) is 0 Å². The van der Waals surface area contributed by atoms with Crippen LogP contribution >= 0.6 is 0 Å². The molecule has 0 fully saturated rings. The van der Waals surface area contributed by atoms with E-state index in [1.165, 1.54) is 89.9 Å². The van der Waals surface area contributed by atoms with Gasteiger partial charge in [0.15, 0.2) is 6.10 Å². The standard InChI is InChI=1S/C49H88O9/c1-3-5-7-9-11-13-15-21-27-33-43(51)39-45(53)35-29-23-17-19-25-31-37-48(55)57-42-47(41-50)58-49(56)38-32-26-20-18-24-30-36-46(54)40-44(52)34-28-22-16-14-12-10-8-6-4-2/h47,50H,3-42H2,1-2H3/t47-/m0/s1. The van der Waals surface area contributed by atoms with E-state index in [1.807, 2.05) is 0 Å². The van der Waals surface area contributed by atoms with Gasteiger partial charge < -0.3 is 14.6 Å². The number of hydrogen-bond acceptors (Lipinski definition) is 9. The highest BCUT2D eigenvalue weighted by Crippen LogP contribution is 2.15. The van der Waals surface area contributed by atoms with Crippen molar-refractivity contribution >= 4 is 35.1 Å². The Hall–Kier alpha value is -2.42. The average Bonchev–Trinajstić information content (AvgIpc) is 3.20. The van der Waals surface area contributed by atoms with Crippen LogP contribution in [0.25, 0.3) is 0 Å². The highest BCUT2D eigenvalue weighted by Gasteiger charge is 2.16. The summed E-state index contributed by atoms with van der Waals surface area (Å²) in [6.07, 6.45) is 33.9. The lowest BCUT2D eigenvalue weighted by Gasteiger charge is -2.15. The molecule has 0 bridgehead atoms. The maximum atomic E-state index is 12.2. The number of carbonyl (C=O) groups is 6. The van der Waals surface area contributed by atoms with Crippen LogP contribution in [0.4, 0.5) is 0 Å². The predicted molar refractivity (Wildman–Crippen MR) is 235 cm³/mol. The molecule has 0 radical (unpaired) electrons. The molecule has 0 aromatic heterocycles. The van der Waals surface area contributed by atoms with Gasteiger partial charge in [-0.1, -0.05) is 168 Å². The summed E-state index contributed by atoms with van der Waals surface area (Å²) in [5.74, 6) is -0.550. The molecule has 9 nitrogen and oxygen atoms in total. The molecule has 1 N–H and O–H groups in total.